The van der Waals surface area contributed by atoms with E-state index < -0.39 is 0 Å². The molecule has 0 saturated heterocycles. The number of aliphatic hydroxyl groups excluding tert-OH is 1. The number of amides is 1. The fraction of sp³-hybridized carbons (Fsp3) is 0.438. The molecule has 5 nitrogen and oxygen atoms in total. The summed E-state index contributed by atoms with van der Waals surface area (Å²) < 4.78 is 5.17. The molecule has 0 bridgehead atoms. The summed E-state index contributed by atoms with van der Waals surface area (Å²) in [6.07, 6.45) is 0. The van der Waals surface area contributed by atoms with Crippen LogP contribution in [0.3, 0.4) is 0 Å². The molecule has 0 aliphatic rings. The summed E-state index contributed by atoms with van der Waals surface area (Å²) in [7, 11) is 1.61. The van der Waals surface area contributed by atoms with E-state index in [2.05, 4.69) is 10.3 Å². The minimum atomic E-state index is -0.300. The van der Waals surface area contributed by atoms with Crippen molar-refractivity contribution in [1.82, 2.24) is 10.3 Å². The second kappa shape index (κ2) is 5.77. The maximum Gasteiger partial charge on any atom is 0.268 e. The van der Waals surface area contributed by atoms with Crippen LogP contribution in [-0.4, -0.2) is 35.8 Å². The van der Waals surface area contributed by atoms with E-state index in [4.69, 9.17) is 4.74 Å². The van der Waals surface area contributed by atoms with Crippen LogP contribution in [-0.2, 0) is 0 Å². The van der Waals surface area contributed by atoms with Crippen molar-refractivity contribution in [3.8, 4) is 5.75 Å². The van der Waals surface area contributed by atoms with Crippen molar-refractivity contribution in [2.24, 2.45) is 5.41 Å². The van der Waals surface area contributed by atoms with Gasteiger partial charge in [-0.15, -0.1) is 0 Å². The van der Waals surface area contributed by atoms with Crippen molar-refractivity contribution in [3.05, 3.63) is 30.0 Å². The van der Waals surface area contributed by atoms with Crippen LogP contribution in [0.1, 0.15) is 31.3 Å². The third-order valence-electron chi connectivity index (χ3n) is 3.61. The standard InChI is InChI=1S/C16H22N2O3/c1-16(2,3)14(9-19)18-15(20)13-8-10-7-11(21-4)5-6-12(10)17-13/h5-8,14,17,19H,9H2,1-4H3,(H,18,20)/t14-/m1/s1. The van der Waals surface area contributed by atoms with Crippen molar-refractivity contribution in [2.75, 3.05) is 13.7 Å². The number of methoxy groups -OCH3 is 1. The van der Waals surface area contributed by atoms with Gasteiger partial charge >= 0.3 is 0 Å². The molecular formula is C16H22N2O3. The molecule has 0 spiro atoms. The molecule has 0 fully saturated rings. The third kappa shape index (κ3) is 3.36. The largest absolute Gasteiger partial charge is 0.497 e. The van der Waals surface area contributed by atoms with Crippen LogP contribution >= 0.6 is 0 Å². The van der Waals surface area contributed by atoms with Crippen LogP contribution in [0.15, 0.2) is 24.3 Å². The predicted molar refractivity (Wildman–Crippen MR) is 82.6 cm³/mol. The van der Waals surface area contributed by atoms with Crippen LogP contribution in [0.25, 0.3) is 10.9 Å². The van der Waals surface area contributed by atoms with Crippen molar-refractivity contribution >= 4 is 16.8 Å². The van der Waals surface area contributed by atoms with Gasteiger partial charge in [0.05, 0.1) is 19.8 Å². The Kier molecular flexibility index (Phi) is 4.23. The van der Waals surface area contributed by atoms with Gasteiger partial charge in [-0.05, 0) is 29.7 Å². The Hall–Kier alpha value is -2.01. The number of benzene rings is 1. The summed E-state index contributed by atoms with van der Waals surface area (Å²) in [5, 5.41) is 13.2. The van der Waals surface area contributed by atoms with Gasteiger partial charge in [-0.3, -0.25) is 4.79 Å². The van der Waals surface area contributed by atoms with Gasteiger partial charge in [0.15, 0.2) is 0 Å². The Balaban J connectivity index is 2.23. The highest BCUT2D eigenvalue weighted by atomic mass is 16.5. The number of carbonyl (C=O) groups excluding carboxylic acids is 1. The number of aromatic amines is 1. The Morgan fingerprint density at radius 1 is 1.38 bits per heavy atom. The van der Waals surface area contributed by atoms with Gasteiger partial charge in [-0.2, -0.15) is 0 Å². The summed E-state index contributed by atoms with van der Waals surface area (Å²) in [4.78, 5) is 15.4. The van der Waals surface area contributed by atoms with E-state index in [0.29, 0.717) is 5.69 Å². The Morgan fingerprint density at radius 2 is 2.10 bits per heavy atom. The first-order valence-electron chi connectivity index (χ1n) is 6.93. The zero-order valence-electron chi connectivity index (χ0n) is 12.9. The first-order valence-corrected chi connectivity index (χ1v) is 6.93. The SMILES string of the molecule is COc1ccc2[nH]c(C(=O)N[C@H](CO)C(C)(C)C)cc2c1. The number of rotatable bonds is 4. The monoisotopic (exact) mass is 290 g/mol. The van der Waals surface area contributed by atoms with Crippen LogP contribution in [0.4, 0.5) is 0 Å². The number of hydrogen-bond acceptors (Lipinski definition) is 3. The minimum absolute atomic E-state index is 0.0940. The zero-order chi connectivity index (χ0) is 15.6. The lowest BCUT2D eigenvalue weighted by Gasteiger charge is -2.29. The number of fused-ring (bicyclic) bond motifs is 1. The number of ether oxygens (including phenoxy) is 1. The molecule has 2 aromatic rings. The second-order valence-electron chi connectivity index (χ2n) is 6.21. The van der Waals surface area contributed by atoms with E-state index in [-0.39, 0.29) is 24.0 Å². The van der Waals surface area contributed by atoms with Gasteiger partial charge in [0.1, 0.15) is 11.4 Å². The summed E-state index contributed by atoms with van der Waals surface area (Å²) in [5.74, 6) is 0.524. The van der Waals surface area contributed by atoms with E-state index >= 15 is 0 Å². The fourth-order valence-electron chi connectivity index (χ4n) is 2.13. The molecule has 0 aliphatic carbocycles. The smallest absolute Gasteiger partial charge is 0.268 e. The van der Waals surface area contributed by atoms with Gasteiger partial charge < -0.3 is 20.1 Å². The van der Waals surface area contributed by atoms with Gasteiger partial charge in [0, 0.05) is 10.9 Å². The van der Waals surface area contributed by atoms with Crippen LogP contribution in [0.5, 0.6) is 5.75 Å². The molecular weight excluding hydrogens is 268 g/mol. The van der Waals surface area contributed by atoms with Gasteiger partial charge in [-0.25, -0.2) is 0 Å². The molecule has 1 aromatic heterocycles. The van der Waals surface area contributed by atoms with Crippen LogP contribution in [0, 0.1) is 5.41 Å². The highest BCUT2D eigenvalue weighted by Crippen LogP contribution is 2.22. The predicted octanol–water partition coefficient (Wildman–Crippen LogP) is 2.31. The fourth-order valence-corrected chi connectivity index (χ4v) is 2.13. The lowest BCUT2D eigenvalue weighted by Crippen LogP contribution is -2.46. The average Bonchev–Trinajstić information content (AvgIpc) is 2.85. The van der Waals surface area contributed by atoms with E-state index in [1.54, 1.807) is 13.2 Å². The molecule has 21 heavy (non-hydrogen) atoms. The summed E-state index contributed by atoms with van der Waals surface area (Å²) in [6, 6.07) is 7.07. The van der Waals surface area contributed by atoms with Crippen molar-refractivity contribution in [3.63, 3.8) is 0 Å². The average molecular weight is 290 g/mol. The second-order valence-corrected chi connectivity index (χ2v) is 6.21. The molecule has 1 atom stereocenters. The molecule has 2 rings (SSSR count). The van der Waals surface area contributed by atoms with Gasteiger partial charge in [0.2, 0.25) is 0 Å². The molecule has 0 radical (unpaired) electrons. The number of hydrogen-bond donors (Lipinski definition) is 3. The summed E-state index contributed by atoms with van der Waals surface area (Å²) in [5.41, 5.74) is 1.14. The molecule has 1 amide bonds. The molecule has 3 N–H and O–H groups in total. The van der Waals surface area contributed by atoms with Crippen molar-refractivity contribution < 1.29 is 14.6 Å². The third-order valence-corrected chi connectivity index (χ3v) is 3.61. The molecule has 0 saturated carbocycles. The zero-order valence-corrected chi connectivity index (χ0v) is 12.9. The lowest BCUT2D eigenvalue weighted by atomic mass is 9.87. The Labute approximate surface area is 124 Å². The number of aliphatic hydroxyl groups is 1. The number of aromatic nitrogens is 1. The number of carbonyl (C=O) groups is 1. The first kappa shape index (κ1) is 15.4. The Bertz CT molecular complexity index is 640. The van der Waals surface area contributed by atoms with E-state index in [1.807, 2.05) is 39.0 Å². The van der Waals surface area contributed by atoms with Gasteiger partial charge in [-0.1, -0.05) is 20.8 Å². The van der Waals surface area contributed by atoms with Crippen molar-refractivity contribution in [2.45, 2.75) is 26.8 Å². The molecule has 1 heterocycles. The normalized spacial score (nSPS) is 13.2. The molecule has 114 valence electrons. The maximum atomic E-state index is 12.3. The van der Waals surface area contributed by atoms with Crippen LogP contribution in [0.2, 0.25) is 0 Å². The number of H-pyrrole nitrogens is 1. The minimum Gasteiger partial charge on any atom is -0.497 e. The summed E-state index contributed by atoms with van der Waals surface area (Å²) in [6.45, 7) is 5.84. The number of nitrogens with one attached hydrogen (secondary N) is 2. The quantitative estimate of drug-likeness (QED) is 0.809. The molecule has 5 heteroatoms. The topological polar surface area (TPSA) is 74.4 Å². The first-order chi connectivity index (χ1) is 9.85. The Morgan fingerprint density at radius 3 is 2.67 bits per heavy atom. The van der Waals surface area contributed by atoms with Crippen molar-refractivity contribution in [1.29, 1.82) is 0 Å². The molecule has 0 aliphatic heterocycles. The van der Waals surface area contributed by atoms with E-state index in [0.717, 1.165) is 16.7 Å². The van der Waals surface area contributed by atoms with E-state index in [9.17, 15) is 9.90 Å². The molecule has 0 unspecified atom stereocenters. The van der Waals surface area contributed by atoms with E-state index in [1.165, 1.54) is 0 Å². The lowest BCUT2D eigenvalue weighted by molar-refractivity contribution is 0.0844. The molecule has 1 aromatic carbocycles. The highest BCUT2D eigenvalue weighted by Gasteiger charge is 2.26. The highest BCUT2D eigenvalue weighted by molar-refractivity contribution is 5.98. The summed E-state index contributed by atoms with van der Waals surface area (Å²) >= 11 is 0. The van der Waals surface area contributed by atoms with Crippen LogP contribution < -0.4 is 10.1 Å². The maximum absolute atomic E-state index is 12.3. The van der Waals surface area contributed by atoms with Gasteiger partial charge in [0.25, 0.3) is 5.91 Å².